The minimum absolute atomic E-state index is 0.0925. The Hall–Kier alpha value is -3.10. The van der Waals surface area contributed by atoms with Gasteiger partial charge in [-0.25, -0.2) is 4.98 Å². The van der Waals surface area contributed by atoms with Crippen LogP contribution in [0.1, 0.15) is 10.4 Å². The summed E-state index contributed by atoms with van der Waals surface area (Å²) in [5, 5.41) is 29.3. The maximum absolute atomic E-state index is 11.9. The lowest BCUT2D eigenvalue weighted by molar-refractivity contribution is -0.385. The molecule has 0 fully saturated rings. The molecule has 0 radical (unpaired) electrons. The van der Waals surface area contributed by atoms with Gasteiger partial charge in [-0.15, -0.1) is 5.10 Å². The van der Waals surface area contributed by atoms with Gasteiger partial charge in [-0.3, -0.25) is 20.2 Å². The summed E-state index contributed by atoms with van der Waals surface area (Å²) in [7, 11) is 0. The molecule has 1 amide bonds. The highest BCUT2D eigenvalue weighted by atomic mass is 16.6. The minimum Gasteiger partial charge on any atom is -0.508 e. The molecule has 19 heavy (non-hydrogen) atoms. The van der Waals surface area contributed by atoms with Gasteiger partial charge in [0.05, 0.1) is 17.3 Å². The number of nitro benzene ring substituents is 1. The van der Waals surface area contributed by atoms with Crippen LogP contribution in [0.5, 0.6) is 5.75 Å². The molecule has 9 heteroatoms. The van der Waals surface area contributed by atoms with Crippen molar-refractivity contribution < 1.29 is 14.8 Å². The number of nitrogens with one attached hydrogen (secondary N) is 1. The molecular formula is C10H7N5O4. The first kappa shape index (κ1) is 12.4. The number of benzene rings is 1. The summed E-state index contributed by atoms with van der Waals surface area (Å²) in [5.41, 5.74) is -0.725. The Labute approximate surface area is 106 Å². The maximum atomic E-state index is 11.9. The van der Waals surface area contributed by atoms with Crippen molar-refractivity contribution in [2.24, 2.45) is 0 Å². The lowest BCUT2D eigenvalue weighted by Gasteiger charge is -2.04. The fourth-order valence-electron chi connectivity index (χ4n) is 1.34. The number of aromatic nitrogens is 3. The second-order valence-corrected chi connectivity index (χ2v) is 3.38. The summed E-state index contributed by atoms with van der Waals surface area (Å²) in [6, 6.07) is 3.15. The van der Waals surface area contributed by atoms with Crippen LogP contribution in [0.3, 0.4) is 0 Å². The molecule has 2 aromatic rings. The number of aromatic hydroxyl groups is 1. The largest absolute Gasteiger partial charge is 0.508 e. The number of nitro groups is 1. The van der Waals surface area contributed by atoms with Crippen LogP contribution in [0, 0.1) is 10.1 Å². The Balaban J connectivity index is 2.33. The van der Waals surface area contributed by atoms with E-state index in [0.29, 0.717) is 0 Å². The molecule has 2 N–H and O–H groups in total. The first-order valence-electron chi connectivity index (χ1n) is 5.00. The molecule has 2 rings (SSSR count). The van der Waals surface area contributed by atoms with Crippen molar-refractivity contribution >= 4 is 17.5 Å². The van der Waals surface area contributed by atoms with Crippen LogP contribution >= 0.6 is 0 Å². The van der Waals surface area contributed by atoms with Gasteiger partial charge in [0.25, 0.3) is 11.6 Å². The standard InChI is InChI=1S/C10H7N5O4/c16-6-1-2-8(15(18)19)7(5-6)9(17)13-10-11-3-4-12-14-10/h1-5,16H,(H,11,13,14,17). The summed E-state index contributed by atoms with van der Waals surface area (Å²) in [4.78, 5) is 25.6. The molecule has 1 aromatic heterocycles. The third kappa shape index (κ3) is 2.77. The number of nitrogens with zero attached hydrogens (tertiary/aromatic N) is 4. The molecule has 0 spiro atoms. The predicted molar refractivity (Wildman–Crippen MR) is 62.5 cm³/mol. The quantitative estimate of drug-likeness (QED) is 0.615. The summed E-state index contributed by atoms with van der Waals surface area (Å²) < 4.78 is 0. The number of carbonyl (C=O) groups is 1. The lowest BCUT2D eigenvalue weighted by atomic mass is 10.1. The molecule has 0 bridgehead atoms. The Morgan fingerprint density at radius 2 is 2.16 bits per heavy atom. The van der Waals surface area contributed by atoms with Gasteiger partial charge in [-0.2, -0.15) is 5.10 Å². The van der Waals surface area contributed by atoms with E-state index in [0.717, 1.165) is 18.2 Å². The number of rotatable bonds is 3. The van der Waals surface area contributed by atoms with Crippen LogP contribution in [-0.2, 0) is 0 Å². The smallest absolute Gasteiger partial charge is 0.282 e. The van der Waals surface area contributed by atoms with Crippen molar-refractivity contribution in [1.29, 1.82) is 0 Å². The van der Waals surface area contributed by atoms with E-state index in [1.54, 1.807) is 0 Å². The zero-order valence-corrected chi connectivity index (χ0v) is 9.35. The first-order chi connectivity index (χ1) is 9.08. The van der Waals surface area contributed by atoms with E-state index in [9.17, 15) is 20.0 Å². The molecule has 1 heterocycles. The van der Waals surface area contributed by atoms with Gasteiger partial charge in [-0.05, 0) is 12.1 Å². The van der Waals surface area contributed by atoms with Gasteiger partial charge in [0.1, 0.15) is 11.3 Å². The Morgan fingerprint density at radius 3 is 2.79 bits per heavy atom. The maximum Gasteiger partial charge on any atom is 0.282 e. The number of amides is 1. The first-order valence-corrected chi connectivity index (χ1v) is 5.00. The van der Waals surface area contributed by atoms with E-state index < -0.39 is 16.5 Å². The molecule has 0 saturated heterocycles. The normalized spacial score (nSPS) is 9.89. The fraction of sp³-hybridized carbons (Fsp3) is 0. The second kappa shape index (κ2) is 5.04. The number of phenolic OH excluding ortho intramolecular Hbond substituents is 1. The van der Waals surface area contributed by atoms with E-state index in [-0.39, 0.29) is 17.3 Å². The van der Waals surface area contributed by atoms with Crippen LogP contribution in [0.25, 0.3) is 0 Å². The molecule has 96 valence electrons. The molecule has 0 unspecified atom stereocenters. The topological polar surface area (TPSA) is 131 Å². The van der Waals surface area contributed by atoms with Crippen LogP contribution in [0.15, 0.2) is 30.6 Å². The van der Waals surface area contributed by atoms with Gasteiger partial charge in [0.2, 0.25) is 5.95 Å². The number of anilines is 1. The van der Waals surface area contributed by atoms with Gasteiger partial charge in [-0.1, -0.05) is 0 Å². The zero-order chi connectivity index (χ0) is 13.8. The van der Waals surface area contributed by atoms with Crippen molar-refractivity contribution in [1.82, 2.24) is 15.2 Å². The van der Waals surface area contributed by atoms with E-state index in [1.807, 2.05) is 0 Å². The second-order valence-electron chi connectivity index (χ2n) is 3.38. The fourth-order valence-corrected chi connectivity index (χ4v) is 1.34. The van der Waals surface area contributed by atoms with Gasteiger partial charge in [0.15, 0.2) is 0 Å². The molecule has 1 aromatic carbocycles. The average molecular weight is 261 g/mol. The number of hydrogen-bond donors (Lipinski definition) is 2. The Bertz CT molecular complexity index is 631. The van der Waals surface area contributed by atoms with Crippen molar-refractivity contribution in [3.05, 3.63) is 46.3 Å². The van der Waals surface area contributed by atoms with E-state index in [4.69, 9.17) is 0 Å². The van der Waals surface area contributed by atoms with Crippen LogP contribution in [-0.4, -0.2) is 31.1 Å². The highest BCUT2D eigenvalue weighted by Gasteiger charge is 2.21. The van der Waals surface area contributed by atoms with Gasteiger partial charge in [0, 0.05) is 6.07 Å². The molecule has 0 atom stereocenters. The van der Waals surface area contributed by atoms with E-state index in [2.05, 4.69) is 20.5 Å². The summed E-state index contributed by atoms with van der Waals surface area (Å²) in [6.45, 7) is 0. The monoisotopic (exact) mass is 261 g/mol. The third-order valence-corrected chi connectivity index (χ3v) is 2.13. The van der Waals surface area contributed by atoms with E-state index in [1.165, 1.54) is 12.4 Å². The predicted octanol–water partition coefficient (Wildman–Crippen LogP) is 0.738. The number of carbonyl (C=O) groups excluding carboxylic acids is 1. The van der Waals surface area contributed by atoms with Crippen LogP contribution < -0.4 is 5.32 Å². The number of phenols is 1. The highest BCUT2D eigenvalue weighted by Crippen LogP contribution is 2.23. The van der Waals surface area contributed by atoms with Crippen molar-refractivity contribution in [3.63, 3.8) is 0 Å². The van der Waals surface area contributed by atoms with E-state index >= 15 is 0 Å². The zero-order valence-electron chi connectivity index (χ0n) is 9.35. The minimum atomic E-state index is -0.810. The average Bonchev–Trinajstić information content (AvgIpc) is 2.39. The Morgan fingerprint density at radius 1 is 1.37 bits per heavy atom. The third-order valence-electron chi connectivity index (χ3n) is 2.13. The molecular weight excluding hydrogens is 254 g/mol. The molecule has 0 saturated carbocycles. The van der Waals surface area contributed by atoms with Gasteiger partial charge < -0.3 is 5.11 Å². The Kier molecular flexibility index (Phi) is 3.28. The van der Waals surface area contributed by atoms with Crippen molar-refractivity contribution in [3.8, 4) is 5.75 Å². The SMILES string of the molecule is O=C(Nc1nccnn1)c1cc(O)ccc1[N+](=O)[O-]. The summed E-state index contributed by atoms with van der Waals surface area (Å²) >= 11 is 0. The lowest BCUT2D eigenvalue weighted by Crippen LogP contribution is -2.16. The summed E-state index contributed by atoms with van der Waals surface area (Å²) in [6.07, 6.45) is 2.62. The summed E-state index contributed by atoms with van der Waals surface area (Å²) in [5.74, 6) is -1.16. The number of hydrogen-bond acceptors (Lipinski definition) is 7. The molecule has 0 aliphatic rings. The van der Waals surface area contributed by atoms with Crippen LogP contribution in [0.2, 0.25) is 0 Å². The van der Waals surface area contributed by atoms with Crippen molar-refractivity contribution in [2.45, 2.75) is 0 Å². The molecule has 0 aliphatic heterocycles. The molecule has 0 aliphatic carbocycles. The van der Waals surface area contributed by atoms with Crippen LogP contribution in [0.4, 0.5) is 11.6 Å². The highest BCUT2D eigenvalue weighted by molar-refractivity contribution is 6.06. The van der Waals surface area contributed by atoms with Crippen molar-refractivity contribution in [2.75, 3.05) is 5.32 Å². The van der Waals surface area contributed by atoms with Gasteiger partial charge >= 0.3 is 0 Å². The molecule has 9 nitrogen and oxygen atoms in total.